The zero-order chi connectivity index (χ0) is 9.68. The van der Waals surface area contributed by atoms with Crippen molar-refractivity contribution < 1.29 is 10.0 Å². The number of likely N-dealkylation sites (N-methyl/N-ethyl adjacent to an activating group) is 1. The molecule has 1 aromatic carbocycles. The van der Waals surface area contributed by atoms with Crippen molar-refractivity contribution in [3.8, 4) is 0 Å². The molecule has 0 aliphatic carbocycles. The number of hydrogen-bond acceptors (Lipinski definition) is 3. The first-order valence-electron chi connectivity index (χ1n) is 4.16. The van der Waals surface area contributed by atoms with E-state index >= 15 is 0 Å². The average molecular weight is 179 g/mol. The van der Waals surface area contributed by atoms with Gasteiger partial charge in [-0.25, -0.2) is 0 Å². The van der Waals surface area contributed by atoms with Gasteiger partial charge in [-0.2, -0.15) is 5.06 Å². The van der Waals surface area contributed by atoms with Crippen molar-refractivity contribution in [3.05, 3.63) is 35.4 Å². The number of benzene rings is 1. The minimum Gasteiger partial charge on any atom is -0.314 e. The van der Waals surface area contributed by atoms with Gasteiger partial charge in [0.1, 0.15) is 6.29 Å². The lowest BCUT2D eigenvalue weighted by Gasteiger charge is -2.07. The van der Waals surface area contributed by atoms with Crippen LogP contribution in [0.3, 0.4) is 0 Å². The molecule has 0 aliphatic heterocycles. The van der Waals surface area contributed by atoms with Crippen molar-refractivity contribution >= 4 is 6.29 Å². The Hall–Kier alpha value is -1.19. The van der Waals surface area contributed by atoms with Crippen molar-refractivity contribution in [1.29, 1.82) is 0 Å². The van der Waals surface area contributed by atoms with Gasteiger partial charge in [0, 0.05) is 19.2 Å². The second-order valence-corrected chi connectivity index (χ2v) is 2.99. The molecule has 0 radical (unpaired) electrons. The minimum absolute atomic E-state index is 0.572. The third-order valence-electron chi connectivity index (χ3n) is 1.81. The molecule has 70 valence electrons. The lowest BCUT2D eigenvalue weighted by molar-refractivity contribution is -0.0634. The van der Waals surface area contributed by atoms with Crippen LogP contribution >= 0.6 is 0 Å². The topological polar surface area (TPSA) is 40.5 Å². The van der Waals surface area contributed by atoms with E-state index in [1.807, 2.05) is 18.2 Å². The van der Waals surface area contributed by atoms with Crippen LogP contribution in [0.25, 0.3) is 0 Å². The third-order valence-corrected chi connectivity index (χ3v) is 1.81. The summed E-state index contributed by atoms with van der Waals surface area (Å²) in [4.78, 5) is 10.4. The molecule has 3 heteroatoms. The molecular weight excluding hydrogens is 166 g/mol. The molecule has 0 heterocycles. The third kappa shape index (κ3) is 3.36. The zero-order valence-electron chi connectivity index (χ0n) is 7.60. The first kappa shape index (κ1) is 9.89. The van der Waals surface area contributed by atoms with Gasteiger partial charge in [0.15, 0.2) is 0 Å². The van der Waals surface area contributed by atoms with Gasteiger partial charge in [0.25, 0.3) is 0 Å². The van der Waals surface area contributed by atoms with Crippen LogP contribution in [0.1, 0.15) is 15.9 Å². The first-order valence-corrected chi connectivity index (χ1v) is 4.16. The molecule has 0 atom stereocenters. The number of rotatable bonds is 4. The number of carbonyl (C=O) groups is 1. The summed E-state index contributed by atoms with van der Waals surface area (Å²) in [6.45, 7) is 0.572. The standard InChI is InChI=1S/C10H13NO2/c1-11(13)6-5-9-3-2-4-10(7-9)8-12/h2-4,7-8,13H,5-6H2,1H3. The largest absolute Gasteiger partial charge is 0.314 e. The SMILES string of the molecule is CN(O)CCc1cccc(C=O)c1. The van der Waals surface area contributed by atoms with Crippen LogP contribution in [0.2, 0.25) is 0 Å². The summed E-state index contributed by atoms with van der Waals surface area (Å²) in [5.41, 5.74) is 1.74. The molecule has 0 fully saturated rings. The fourth-order valence-electron chi connectivity index (χ4n) is 1.11. The maximum atomic E-state index is 10.4. The van der Waals surface area contributed by atoms with Crippen LogP contribution < -0.4 is 0 Å². The molecule has 0 aromatic heterocycles. The maximum Gasteiger partial charge on any atom is 0.150 e. The Kier molecular flexibility index (Phi) is 3.61. The van der Waals surface area contributed by atoms with Gasteiger partial charge < -0.3 is 5.21 Å². The predicted molar refractivity (Wildman–Crippen MR) is 50.0 cm³/mol. The molecular formula is C10H13NO2. The number of hydrogen-bond donors (Lipinski definition) is 1. The fraction of sp³-hybridized carbons (Fsp3) is 0.300. The zero-order valence-corrected chi connectivity index (χ0v) is 7.60. The van der Waals surface area contributed by atoms with E-state index in [1.165, 1.54) is 0 Å². The van der Waals surface area contributed by atoms with E-state index in [4.69, 9.17) is 5.21 Å². The summed E-state index contributed by atoms with van der Waals surface area (Å²) < 4.78 is 0. The first-order chi connectivity index (χ1) is 6.22. The van der Waals surface area contributed by atoms with Crippen LogP contribution in [0.5, 0.6) is 0 Å². The van der Waals surface area contributed by atoms with Gasteiger partial charge in [0.2, 0.25) is 0 Å². The summed E-state index contributed by atoms with van der Waals surface area (Å²) in [6.07, 6.45) is 1.57. The Labute approximate surface area is 77.6 Å². The minimum atomic E-state index is 0.572. The van der Waals surface area contributed by atoms with Crippen molar-refractivity contribution in [1.82, 2.24) is 5.06 Å². The highest BCUT2D eigenvalue weighted by Crippen LogP contribution is 2.04. The van der Waals surface area contributed by atoms with Crippen LogP contribution in [0.15, 0.2) is 24.3 Å². The number of hydroxylamine groups is 2. The average Bonchev–Trinajstić information content (AvgIpc) is 2.15. The molecule has 0 bridgehead atoms. The van der Waals surface area contributed by atoms with Crippen molar-refractivity contribution in [2.24, 2.45) is 0 Å². The van der Waals surface area contributed by atoms with Crippen LogP contribution in [0, 0.1) is 0 Å². The lowest BCUT2D eigenvalue weighted by atomic mass is 10.1. The Bertz CT molecular complexity index is 284. The highest BCUT2D eigenvalue weighted by atomic mass is 16.5. The summed E-state index contributed by atoms with van der Waals surface area (Å²) in [6, 6.07) is 7.38. The van der Waals surface area contributed by atoms with Gasteiger partial charge in [0.05, 0.1) is 0 Å². The Morgan fingerprint density at radius 1 is 1.54 bits per heavy atom. The molecule has 0 amide bonds. The Morgan fingerprint density at radius 2 is 2.31 bits per heavy atom. The van der Waals surface area contributed by atoms with Gasteiger partial charge >= 0.3 is 0 Å². The van der Waals surface area contributed by atoms with E-state index in [2.05, 4.69) is 0 Å². The van der Waals surface area contributed by atoms with E-state index in [0.717, 1.165) is 23.3 Å². The van der Waals surface area contributed by atoms with Gasteiger partial charge in [-0.15, -0.1) is 0 Å². The quantitative estimate of drug-likeness (QED) is 0.560. The molecule has 0 unspecified atom stereocenters. The second-order valence-electron chi connectivity index (χ2n) is 2.99. The Balaban J connectivity index is 2.61. The molecule has 1 aromatic rings. The summed E-state index contributed by atoms with van der Waals surface area (Å²) in [7, 11) is 1.60. The molecule has 1 N–H and O–H groups in total. The fourth-order valence-corrected chi connectivity index (χ4v) is 1.11. The summed E-state index contributed by atoms with van der Waals surface area (Å²) in [5.74, 6) is 0. The molecule has 13 heavy (non-hydrogen) atoms. The highest BCUT2D eigenvalue weighted by Gasteiger charge is 1.96. The number of aldehydes is 1. The van der Waals surface area contributed by atoms with E-state index in [0.29, 0.717) is 12.1 Å². The van der Waals surface area contributed by atoms with E-state index < -0.39 is 0 Å². The van der Waals surface area contributed by atoms with Crippen molar-refractivity contribution in [2.45, 2.75) is 6.42 Å². The molecule has 0 aliphatic rings. The van der Waals surface area contributed by atoms with Crippen LogP contribution in [-0.2, 0) is 6.42 Å². The molecule has 1 rings (SSSR count). The lowest BCUT2D eigenvalue weighted by Crippen LogP contribution is -2.15. The number of carbonyl (C=O) groups excluding carboxylic acids is 1. The Morgan fingerprint density at radius 3 is 2.92 bits per heavy atom. The van der Waals surface area contributed by atoms with Gasteiger partial charge in [-0.1, -0.05) is 18.2 Å². The molecule has 0 saturated carbocycles. The van der Waals surface area contributed by atoms with E-state index in [1.54, 1.807) is 13.1 Å². The van der Waals surface area contributed by atoms with Crippen molar-refractivity contribution in [3.63, 3.8) is 0 Å². The summed E-state index contributed by atoms with van der Waals surface area (Å²) in [5, 5.41) is 10.0. The number of nitrogens with zero attached hydrogens (tertiary/aromatic N) is 1. The maximum absolute atomic E-state index is 10.4. The highest BCUT2D eigenvalue weighted by molar-refractivity contribution is 5.74. The van der Waals surface area contributed by atoms with Crippen LogP contribution in [-0.4, -0.2) is 30.1 Å². The van der Waals surface area contributed by atoms with Gasteiger partial charge in [-0.05, 0) is 18.1 Å². The predicted octanol–water partition coefficient (Wildman–Crippen LogP) is 1.36. The van der Waals surface area contributed by atoms with E-state index in [-0.39, 0.29) is 0 Å². The van der Waals surface area contributed by atoms with E-state index in [9.17, 15) is 4.79 Å². The van der Waals surface area contributed by atoms with Crippen LogP contribution in [0.4, 0.5) is 0 Å². The molecule has 0 spiro atoms. The second kappa shape index (κ2) is 4.74. The normalized spacial score (nSPS) is 10.4. The van der Waals surface area contributed by atoms with Gasteiger partial charge in [-0.3, -0.25) is 4.79 Å². The van der Waals surface area contributed by atoms with Crippen molar-refractivity contribution in [2.75, 3.05) is 13.6 Å². The molecule has 3 nitrogen and oxygen atoms in total. The monoisotopic (exact) mass is 179 g/mol. The molecule has 0 saturated heterocycles. The smallest absolute Gasteiger partial charge is 0.150 e. The summed E-state index contributed by atoms with van der Waals surface area (Å²) >= 11 is 0.